The maximum Gasteiger partial charge on any atom is 0.415 e. The van der Waals surface area contributed by atoms with Crippen molar-refractivity contribution in [3.05, 3.63) is 47.4 Å². The van der Waals surface area contributed by atoms with Gasteiger partial charge < -0.3 is 13.9 Å². The van der Waals surface area contributed by atoms with Crippen LogP contribution in [0.3, 0.4) is 0 Å². The van der Waals surface area contributed by atoms with Crippen molar-refractivity contribution in [1.82, 2.24) is 15.0 Å². The highest BCUT2D eigenvalue weighted by Crippen LogP contribution is 2.37. The van der Waals surface area contributed by atoms with E-state index in [1.807, 2.05) is 45.0 Å². The zero-order valence-corrected chi connectivity index (χ0v) is 27.7. The summed E-state index contributed by atoms with van der Waals surface area (Å²) in [5, 5.41) is 1.01. The standard InChI is InChI=1S/C31H42N4O4SSi/c1-11-23(39-41(9,10)31(5,6)7)21-37-24-16-17-25-26(18-24)40-28(34-25)15-13-12-14-22-19-33-27(20-32-22)35(8)29(36)38-30(2,3)4/h13,15-20,23H,11,21H2,1-10H3/b15-13+. The van der Waals surface area contributed by atoms with Gasteiger partial charge in [0.25, 0.3) is 0 Å². The molecule has 1 aromatic carbocycles. The molecule has 8 nitrogen and oxygen atoms in total. The van der Waals surface area contributed by atoms with Crippen molar-refractivity contribution in [1.29, 1.82) is 0 Å². The number of amides is 1. The van der Waals surface area contributed by atoms with E-state index in [2.05, 4.69) is 67.6 Å². The van der Waals surface area contributed by atoms with E-state index >= 15 is 0 Å². The van der Waals surface area contributed by atoms with Gasteiger partial charge in [-0.25, -0.2) is 19.7 Å². The monoisotopic (exact) mass is 594 g/mol. The number of benzene rings is 1. The fraction of sp³-hybridized carbons (Fsp3) is 0.484. The predicted octanol–water partition coefficient (Wildman–Crippen LogP) is 7.70. The molecule has 1 amide bonds. The lowest BCUT2D eigenvalue weighted by Gasteiger charge is -2.39. The van der Waals surface area contributed by atoms with Gasteiger partial charge in [0, 0.05) is 7.05 Å². The zero-order chi connectivity index (χ0) is 30.4. The molecule has 0 bridgehead atoms. The molecule has 0 aliphatic rings. The first-order valence-electron chi connectivity index (χ1n) is 13.8. The van der Waals surface area contributed by atoms with Gasteiger partial charge in [-0.1, -0.05) is 33.6 Å². The molecule has 0 aliphatic heterocycles. The van der Waals surface area contributed by atoms with Crippen molar-refractivity contribution in [3.8, 4) is 17.6 Å². The van der Waals surface area contributed by atoms with Gasteiger partial charge in [-0.15, -0.1) is 11.3 Å². The summed E-state index contributed by atoms with van der Waals surface area (Å²) in [7, 11) is -0.268. The summed E-state index contributed by atoms with van der Waals surface area (Å²) in [5.74, 6) is 7.12. The number of ether oxygens (including phenoxy) is 2. The number of nitrogens with zero attached hydrogens (tertiary/aromatic N) is 4. The number of hydrogen-bond donors (Lipinski definition) is 0. The molecule has 10 heteroatoms. The van der Waals surface area contributed by atoms with Gasteiger partial charge in [-0.2, -0.15) is 0 Å². The molecule has 2 heterocycles. The first-order chi connectivity index (χ1) is 19.1. The number of rotatable bonds is 8. The number of fused-ring (bicyclic) bond motifs is 1. The SMILES string of the molecule is CCC(COc1ccc2nc(/C=C/C#Cc3cnc(N(C)C(=O)OC(C)(C)C)cn3)sc2c1)O[Si](C)(C)C(C)(C)C. The van der Waals surface area contributed by atoms with Crippen molar-refractivity contribution < 1.29 is 18.7 Å². The highest BCUT2D eigenvalue weighted by Gasteiger charge is 2.39. The Morgan fingerprint density at radius 2 is 1.88 bits per heavy atom. The Kier molecular flexibility index (Phi) is 10.3. The minimum Gasteiger partial charge on any atom is -0.491 e. The van der Waals surface area contributed by atoms with E-state index in [0.717, 1.165) is 27.4 Å². The van der Waals surface area contributed by atoms with E-state index in [9.17, 15) is 4.79 Å². The smallest absolute Gasteiger partial charge is 0.415 e. The molecule has 1 atom stereocenters. The second-order valence-corrected chi connectivity index (χ2v) is 18.1. The lowest BCUT2D eigenvalue weighted by atomic mass is 10.2. The molecule has 0 saturated heterocycles. The molecule has 0 radical (unpaired) electrons. The molecule has 2 aromatic heterocycles. The van der Waals surface area contributed by atoms with Crippen LogP contribution in [-0.2, 0) is 9.16 Å². The minimum absolute atomic E-state index is 0.0666. The number of thiazole rings is 1. The van der Waals surface area contributed by atoms with Gasteiger partial charge in [0.1, 0.15) is 28.7 Å². The van der Waals surface area contributed by atoms with Crippen LogP contribution in [0.4, 0.5) is 10.6 Å². The largest absolute Gasteiger partial charge is 0.491 e. The highest BCUT2D eigenvalue weighted by molar-refractivity contribution is 7.19. The summed E-state index contributed by atoms with van der Waals surface area (Å²) < 4.78 is 19.1. The Morgan fingerprint density at radius 3 is 2.49 bits per heavy atom. The van der Waals surface area contributed by atoms with E-state index < -0.39 is 20.0 Å². The summed E-state index contributed by atoms with van der Waals surface area (Å²) in [5.41, 5.74) is 0.814. The average molecular weight is 595 g/mol. The second kappa shape index (κ2) is 13.1. The third kappa shape index (κ3) is 9.38. The van der Waals surface area contributed by atoms with Crippen LogP contribution in [0.25, 0.3) is 16.3 Å². The fourth-order valence-corrected chi connectivity index (χ4v) is 5.63. The third-order valence-corrected chi connectivity index (χ3v) is 12.2. The Labute approximate surface area is 249 Å². The fourth-order valence-electron chi connectivity index (χ4n) is 3.31. The Morgan fingerprint density at radius 1 is 1.15 bits per heavy atom. The van der Waals surface area contributed by atoms with E-state index in [1.165, 1.54) is 17.3 Å². The van der Waals surface area contributed by atoms with Crippen LogP contribution in [0.5, 0.6) is 5.75 Å². The van der Waals surface area contributed by atoms with Gasteiger partial charge in [-0.05, 0) is 81.6 Å². The van der Waals surface area contributed by atoms with Crippen LogP contribution in [-0.4, -0.2) is 54.7 Å². The van der Waals surface area contributed by atoms with E-state index in [4.69, 9.17) is 13.9 Å². The minimum atomic E-state index is -1.86. The number of anilines is 1. The number of allylic oxidation sites excluding steroid dienone is 1. The number of carbonyl (C=O) groups excluding carboxylic acids is 1. The zero-order valence-electron chi connectivity index (χ0n) is 25.9. The van der Waals surface area contributed by atoms with Gasteiger partial charge in [0.15, 0.2) is 14.1 Å². The molecule has 220 valence electrons. The van der Waals surface area contributed by atoms with Crippen LogP contribution in [0.2, 0.25) is 18.1 Å². The molecular formula is C31H42N4O4SSi. The normalized spacial score (nSPS) is 13.1. The second-order valence-electron chi connectivity index (χ2n) is 12.3. The molecule has 0 aliphatic carbocycles. The van der Waals surface area contributed by atoms with Crippen molar-refractivity contribution in [2.24, 2.45) is 0 Å². The summed E-state index contributed by atoms with van der Waals surface area (Å²) in [4.78, 5) is 26.7. The first-order valence-corrected chi connectivity index (χ1v) is 17.5. The molecule has 1 unspecified atom stereocenters. The van der Waals surface area contributed by atoms with Gasteiger partial charge in [0.05, 0.1) is 28.7 Å². The molecule has 0 fully saturated rings. The molecule has 3 aromatic rings. The number of aromatic nitrogens is 3. The summed E-state index contributed by atoms with van der Waals surface area (Å²) in [6.07, 6.45) is 7.10. The van der Waals surface area contributed by atoms with Gasteiger partial charge in [0.2, 0.25) is 0 Å². The molecule has 0 N–H and O–H groups in total. The third-order valence-electron chi connectivity index (χ3n) is 6.69. The first kappa shape index (κ1) is 32.3. The van der Waals surface area contributed by atoms with Crippen molar-refractivity contribution in [3.63, 3.8) is 0 Å². The van der Waals surface area contributed by atoms with Gasteiger partial charge in [-0.3, -0.25) is 4.90 Å². The topological polar surface area (TPSA) is 86.7 Å². The van der Waals surface area contributed by atoms with Crippen LogP contribution >= 0.6 is 11.3 Å². The number of hydrogen-bond acceptors (Lipinski definition) is 8. The Hall–Kier alpha value is -3.26. The Balaban J connectivity index is 1.59. The summed E-state index contributed by atoms with van der Waals surface area (Å²) in [6, 6.07) is 5.96. The summed E-state index contributed by atoms with van der Waals surface area (Å²) >= 11 is 1.58. The Bertz CT molecular complexity index is 1430. The number of carbonyl (C=O) groups is 1. The van der Waals surface area contributed by atoms with Crippen molar-refractivity contribution >= 4 is 47.9 Å². The average Bonchev–Trinajstić information content (AvgIpc) is 3.29. The van der Waals surface area contributed by atoms with E-state index in [1.54, 1.807) is 24.5 Å². The highest BCUT2D eigenvalue weighted by atomic mass is 32.1. The van der Waals surface area contributed by atoms with Crippen LogP contribution in [0.1, 0.15) is 65.6 Å². The van der Waals surface area contributed by atoms with Crippen LogP contribution in [0.15, 0.2) is 36.7 Å². The molecule has 41 heavy (non-hydrogen) atoms. The maximum atomic E-state index is 12.2. The maximum absolute atomic E-state index is 12.2. The molecular weight excluding hydrogens is 553 g/mol. The van der Waals surface area contributed by atoms with Gasteiger partial charge >= 0.3 is 6.09 Å². The molecule has 0 spiro atoms. The van der Waals surface area contributed by atoms with Crippen LogP contribution < -0.4 is 9.64 Å². The quantitative estimate of drug-likeness (QED) is 0.195. The van der Waals surface area contributed by atoms with E-state index in [0.29, 0.717) is 18.1 Å². The lowest BCUT2D eigenvalue weighted by molar-refractivity contribution is 0.0588. The van der Waals surface area contributed by atoms with Crippen molar-refractivity contribution in [2.75, 3.05) is 18.6 Å². The molecule has 0 saturated carbocycles. The van der Waals surface area contributed by atoms with Crippen LogP contribution in [0, 0.1) is 11.8 Å². The van der Waals surface area contributed by atoms with E-state index in [-0.39, 0.29) is 11.1 Å². The summed E-state index contributed by atoms with van der Waals surface area (Å²) in [6.45, 7) is 19.4. The lowest BCUT2D eigenvalue weighted by Crippen LogP contribution is -2.45. The van der Waals surface area contributed by atoms with Crippen molar-refractivity contribution in [2.45, 2.75) is 84.7 Å². The predicted molar refractivity (Wildman–Crippen MR) is 170 cm³/mol. The molecule has 3 rings (SSSR count).